The van der Waals surface area contributed by atoms with Gasteiger partial charge < -0.3 is 4.90 Å². The van der Waals surface area contributed by atoms with Gasteiger partial charge in [0, 0.05) is 24.5 Å². The molecule has 0 N–H and O–H groups in total. The molecule has 1 aliphatic rings. The summed E-state index contributed by atoms with van der Waals surface area (Å²) in [6.07, 6.45) is 10.5. The molecular weight excluding hydrogens is 254 g/mol. The standard InChI is InChI=1S/C15H17N3S/c1-5-15(2)8-6-7-12-13(15)11(9-16)14(19-12)17-10-18(3)4/h1,10H,6-8H2,2-4H3. The summed E-state index contributed by atoms with van der Waals surface area (Å²) in [5.41, 5.74) is 1.39. The Labute approximate surface area is 118 Å². The Kier molecular flexibility index (Phi) is 3.64. The van der Waals surface area contributed by atoms with Crippen LogP contribution in [0, 0.1) is 23.7 Å². The summed E-state index contributed by atoms with van der Waals surface area (Å²) in [7, 11) is 3.82. The predicted molar refractivity (Wildman–Crippen MR) is 80.0 cm³/mol. The van der Waals surface area contributed by atoms with Gasteiger partial charge in [-0.05, 0) is 26.2 Å². The molecule has 19 heavy (non-hydrogen) atoms. The second kappa shape index (κ2) is 5.07. The molecule has 1 heterocycles. The molecule has 0 saturated heterocycles. The Hall–Kier alpha value is -1.78. The highest BCUT2D eigenvalue weighted by atomic mass is 32.1. The summed E-state index contributed by atoms with van der Waals surface area (Å²) in [5.74, 6) is 2.88. The topological polar surface area (TPSA) is 39.4 Å². The monoisotopic (exact) mass is 271 g/mol. The average molecular weight is 271 g/mol. The number of hydrogen-bond acceptors (Lipinski definition) is 3. The summed E-state index contributed by atoms with van der Waals surface area (Å²) in [6, 6.07) is 2.30. The van der Waals surface area contributed by atoms with Gasteiger partial charge in [-0.3, -0.25) is 0 Å². The molecule has 0 amide bonds. The molecule has 0 fully saturated rings. The Balaban J connectivity index is 2.58. The summed E-state index contributed by atoms with van der Waals surface area (Å²) >= 11 is 1.60. The van der Waals surface area contributed by atoms with Crippen molar-refractivity contribution in [2.45, 2.75) is 31.6 Å². The maximum Gasteiger partial charge on any atom is 0.136 e. The van der Waals surface area contributed by atoms with Crippen molar-refractivity contribution in [3.63, 3.8) is 0 Å². The molecule has 1 unspecified atom stereocenters. The Morgan fingerprint density at radius 2 is 2.26 bits per heavy atom. The first-order chi connectivity index (χ1) is 9.01. The van der Waals surface area contributed by atoms with E-state index in [9.17, 15) is 5.26 Å². The number of terminal acetylenes is 1. The number of hydrogen-bond donors (Lipinski definition) is 0. The fraction of sp³-hybridized carbons (Fsp3) is 0.467. The lowest BCUT2D eigenvalue weighted by molar-refractivity contribution is 0.502. The van der Waals surface area contributed by atoms with Crippen LogP contribution in [0.25, 0.3) is 0 Å². The number of thiophene rings is 1. The number of rotatable bonds is 2. The zero-order chi connectivity index (χ0) is 14.0. The van der Waals surface area contributed by atoms with Crippen LogP contribution in [0.3, 0.4) is 0 Å². The van der Waals surface area contributed by atoms with Gasteiger partial charge in [-0.15, -0.1) is 17.8 Å². The Morgan fingerprint density at radius 1 is 1.53 bits per heavy atom. The molecule has 1 aromatic heterocycles. The largest absolute Gasteiger partial charge is 0.369 e. The normalized spacial score (nSPS) is 21.7. The number of aliphatic imine (C=N–C) groups is 1. The van der Waals surface area contributed by atoms with Gasteiger partial charge in [0.1, 0.15) is 11.1 Å². The van der Waals surface area contributed by atoms with Gasteiger partial charge >= 0.3 is 0 Å². The molecule has 4 heteroatoms. The lowest BCUT2D eigenvalue weighted by Gasteiger charge is -2.29. The van der Waals surface area contributed by atoms with Crippen LogP contribution >= 0.6 is 11.3 Å². The van der Waals surface area contributed by atoms with Gasteiger partial charge in [-0.2, -0.15) is 5.26 Å². The van der Waals surface area contributed by atoms with Crippen molar-refractivity contribution in [1.29, 1.82) is 5.26 Å². The SMILES string of the molecule is C#CC1(C)CCCc2sc(N=CN(C)C)c(C#N)c21. The van der Waals surface area contributed by atoms with Gasteiger partial charge in [-0.25, -0.2) is 4.99 Å². The Bertz CT molecular complexity index is 598. The van der Waals surface area contributed by atoms with Gasteiger partial charge in [0.05, 0.1) is 17.3 Å². The van der Waals surface area contributed by atoms with Crippen molar-refractivity contribution in [2.24, 2.45) is 4.99 Å². The number of nitriles is 1. The molecule has 1 aromatic rings. The van der Waals surface area contributed by atoms with E-state index in [-0.39, 0.29) is 5.41 Å². The van der Waals surface area contributed by atoms with Crippen molar-refractivity contribution in [3.05, 3.63) is 16.0 Å². The molecule has 3 nitrogen and oxygen atoms in total. The third kappa shape index (κ3) is 2.37. The smallest absolute Gasteiger partial charge is 0.136 e. The highest BCUT2D eigenvalue weighted by Crippen LogP contribution is 2.47. The highest BCUT2D eigenvalue weighted by Gasteiger charge is 2.36. The summed E-state index contributed by atoms with van der Waals surface area (Å²) in [6.45, 7) is 2.05. The van der Waals surface area contributed by atoms with E-state index in [1.165, 1.54) is 4.88 Å². The van der Waals surface area contributed by atoms with E-state index >= 15 is 0 Å². The lowest BCUT2D eigenvalue weighted by Crippen LogP contribution is -2.25. The molecular formula is C15H17N3S. The number of nitrogens with zero attached hydrogens (tertiary/aromatic N) is 3. The quantitative estimate of drug-likeness (QED) is 0.471. The van der Waals surface area contributed by atoms with Crippen LogP contribution in [0.1, 0.15) is 35.8 Å². The predicted octanol–water partition coefficient (Wildman–Crippen LogP) is 3.07. The summed E-state index contributed by atoms with van der Waals surface area (Å²) in [4.78, 5) is 7.50. The van der Waals surface area contributed by atoms with E-state index in [2.05, 4.69) is 23.9 Å². The molecule has 0 bridgehead atoms. The fourth-order valence-corrected chi connectivity index (χ4v) is 3.72. The molecule has 0 saturated carbocycles. The first-order valence-corrected chi connectivity index (χ1v) is 7.08. The van der Waals surface area contributed by atoms with Crippen molar-refractivity contribution >= 4 is 22.7 Å². The molecule has 0 spiro atoms. The van der Waals surface area contributed by atoms with Gasteiger partial charge in [0.2, 0.25) is 0 Å². The minimum Gasteiger partial charge on any atom is -0.369 e. The van der Waals surface area contributed by atoms with E-state index in [0.717, 1.165) is 29.8 Å². The molecule has 0 aromatic carbocycles. The van der Waals surface area contributed by atoms with E-state index in [1.807, 2.05) is 19.0 Å². The fourth-order valence-electron chi connectivity index (χ4n) is 2.46. The zero-order valence-corrected chi connectivity index (χ0v) is 12.3. The summed E-state index contributed by atoms with van der Waals surface area (Å²) in [5, 5.41) is 10.2. The Morgan fingerprint density at radius 3 is 2.84 bits per heavy atom. The lowest BCUT2D eigenvalue weighted by atomic mass is 9.73. The summed E-state index contributed by atoms with van der Waals surface area (Å²) < 4.78 is 0. The molecule has 1 aliphatic carbocycles. The van der Waals surface area contributed by atoms with E-state index in [4.69, 9.17) is 6.42 Å². The van der Waals surface area contributed by atoms with Gasteiger partial charge in [0.25, 0.3) is 0 Å². The van der Waals surface area contributed by atoms with Gasteiger partial charge in [0.15, 0.2) is 0 Å². The van der Waals surface area contributed by atoms with E-state index < -0.39 is 0 Å². The average Bonchev–Trinajstić information content (AvgIpc) is 2.75. The maximum atomic E-state index is 9.46. The van der Waals surface area contributed by atoms with Crippen LogP contribution in [0.5, 0.6) is 0 Å². The minimum atomic E-state index is -0.318. The van der Waals surface area contributed by atoms with Crippen molar-refractivity contribution < 1.29 is 0 Å². The van der Waals surface area contributed by atoms with Crippen LogP contribution in [0.4, 0.5) is 5.00 Å². The van der Waals surface area contributed by atoms with Crippen LogP contribution < -0.4 is 0 Å². The number of fused-ring (bicyclic) bond motifs is 1. The van der Waals surface area contributed by atoms with Crippen LogP contribution in [0.15, 0.2) is 4.99 Å². The third-order valence-corrected chi connectivity index (χ3v) is 4.59. The van der Waals surface area contributed by atoms with Crippen molar-refractivity contribution in [2.75, 3.05) is 14.1 Å². The van der Waals surface area contributed by atoms with Crippen molar-refractivity contribution in [3.8, 4) is 18.4 Å². The molecule has 0 aliphatic heterocycles. The molecule has 2 rings (SSSR count). The molecule has 1 atom stereocenters. The molecule has 0 radical (unpaired) electrons. The second-order valence-electron chi connectivity index (χ2n) is 5.23. The maximum absolute atomic E-state index is 9.46. The first kappa shape index (κ1) is 13.6. The minimum absolute atomic E-state index is 0.318. The highest BCUT2D eigenvalue weighted by molar-refractivity contribution is 7.16. The van der Waals surface area contributed by atoms with Crippen molar-refractivity contribution in [1.82, 2.24) is 4.90 Å². The van der Waals surface area contributed by atoms with Crippen LogP contribution in [-0.2, 0) is 11.8 Å². The molecule has 98 valence electrons. The second-order valence-corrected chi connectivity index (χ2v) is 6.31. The first-order valence-electron chi connectivity index (χ1n) is 6.26. The zero-order valence-electron chi connectivity index (χ0n) is 11.5. The van der Waals surface area contributed by atoms with Crippen LogP contribution in [0.2, 0.25) is 0 Å². The van der Waals surface area contributed by atoms with E-state index in [1.54, 1.807) is 17.7 Å². The van der Waals surface area contributed by atoms with Crippen LogP contribution in [-0.4, -0.2) is 25.3 Å². The number of aryl methyl sites for hydroxylation is 1. The van der Waals surface area contributed by atoms with Gasteiger partial charge in [-0.1, -0.05) is 5.92 Å². The van der Waals surface area contributed by atoms with E-state index in [0.29, 0.717) is 5.56 Å². The third-order valence-electron chi connectivity index (χ3n) is 3.43.